The van der Waals surface area contributed by atoms with E-state index in [9.17, 15) is 19.8 Å². The number of rotatable bonds is 8. The Morgan fingerprint density at radius 2 is 1.55 bits per heavy atom. The lowest BCUT2D eigenvalue weighted by molar-refractivity contribution is -0.178. The zero-order chi connectivity index (χ0) is 35.6. The molecule has 4 fully saturated rings. The van der Waals surface area contributed by atoms with Crippen molar-refractivity contribution in [3.05, 3.63) is 84.0 Å². The third-order valence-corrected chi connectivity index (χ3v) is 15.3. The van der Waals surface area contributed by atoms with Crippen LogP contribution in [-0.4, -0.2) is 52.3 Å². The molecule has 7 nitrogen and oxygen atoms in total. The number of hydrogen-bond acceptors (Lipinski definition) is 5. The van der Waals surface area contributed by atoms with Gasteiger partial charge in [-0.3, -0.25) is 4.79 Å². The third kappa shape index (κ3) is 5.27. The van der Waals surface area contributed by atoms with Gasteiger partial charge in [0.25, 0.3) is 0 Å². The quantitative estimate of drug-likeness (QED) is 0.241. The number of ketones is 1. The number of ether oxygens (including phenoxy) is 1. The molecule has 4 saturated carbocycles. The highest BCUT2D eigenvalue weighted by molar-refractivity contribution is 6.00. The number of amides is 2. The summed E-state index contributed by atoms with van der Waals surface area (Å²) in [7, 11) is 1.62. The van der Waals surface area contributed by atoms with E-state index in [1.807, 2.05) is 54.6 Å². The summed E-state index contributed by atoms with van der Waals surface area (Å²) in [4.78, 5) is 30.8. The normalized spacial score (nSPS) is 38.2. The predicted molar refractivity (Wildman–Crippen MR) is 199 cm³/mol. The first kappa shape index (κ1) is 34.7. The molecule has 2 spiro atoms. The molecule has 51 heavy (non-hydrogen) atoms. The van der Waals surface area contributed by atoms with Crippen molar-refractivity contribution in [3.8, 4) is 5.75 Å². The molecule has 7 aliphatic carbocycles. The van der Waals surface area contributed by atoms with Crippen molar-refractivity contribution in [3.63, 3.8) is 0 Å². The van der Waals surface area contributed by atoms with Crippen LogP contribution in [0.2, 0.25) is 0 Å². The largest absolute Gasteiger partial charge is 0.497 e. The van der Waals surface area contributed by atoms with E-state index < -0.39 is 16.4 Å². The lowest BCUT2D eigenvalue weighted by Crippen LogP contribution is -2.67. The Kier molecular flexibility index (Phi) is 8.57. The molecule has 0 radical (unpaired) electrons. The average molecular weight is 693 g/mol. The van der Waals surface area contributed by atoms with Crippen LogP contribution in [-0.2, 0) is 11.3 Å². The number of Topliss-reactive ketones (excluding diaryl/α,β-unsaturated/α-hetero) is 1. The number of carbonyl (C=O) groups is 2. The molecule has 2 aromatic carbocycles. The van der Waals surface area contributed by atoms with Crippen molar-refractivity contribution in [2.24, 2.45) is 39.4 Å². The Labute approximate surface area is 303 Å². The highest BCUT2D eigenvalue weighted by atomic mass is 16.5. The van der Waals surface area contributed by atoms with E-state index in [2.05, 4.69) is 37.4 Å². The molecule has 0 saturated heterocycles. The summed E-state index contributed by atoms with van der Waals surface area (Å²) in [5.41, 5.74) is 0.168. The van der Waals surface area contributed by atoms with Crippen LogP contribution in [0.4, 0.5) is 10.5 Å². The van der Waals surface area contributed by atoms with Crippen molar-refractivity contribution in [2.45, 2.75) is 109 Å². The van der Waals surface area contributed by atoms with E-state index in [4.69, 9.17) is 4.74 Å². The van der Waals surface area contributed by atoms with Gasteiger partial charge in [-0.05, 0) is 105 Å². The molecule has 2 bridgehead atoms. The molecule has 1 unspecified atom stereocenters. The number of nitrogens with one attached hydrogen (secondary N) is 1. The van der Waals surface area contributed by atoms with E-state index in [0.717, 1.165) is 68.9 Å². The van der Waals surface area contributed by atoms with Crippen molar-refractivity contribution < 1.29 is 24.5 Å². The van der Waals surface area contributed by atoms with E-state index in [-0.39, 0.29) is 47.3 Å². The maximum Gasteiger partial charge on any atom is 0.322 e. The molecule has 0 aromatic heterocycles. The number of carbonyl (C=O) groups excluding carboxylic acids is 2. The van der Waals surface area contributed by atoms with Crippen LogP contribution in [0.25, 0.3) is 0 Å². The molecule has 0 heterocycles. The highest BCUT2D eigenvalue weighted by Crippen LogP contribution is 2.78. The minimum absolute atomic E-state index is 0.0560. The van der Waals surface area contributed by atoms with Gasteiger partial charge in [0.05, 0.1) is 25.4 Å². The third-order valence-electron chi connectivity index (χ3n) is 15.3. The monoisotopic (exact) mass is 692 g/mol. The number of aliphatic hydroxyl groups excluding tert-OH is 1. The number of anilines is 1. The molecule has 8 atom stereocenters. The Bertz CT molecular complexity index is 1720. The predicted octanol–water partition coefficient (Wildman–Crippen LogP) is 8.47. The van der Waals surface area contributed by atoms with Gasteiger partial charge in [0.1, 0.15) is 5.75 Å². The summed E-state index contributed by atoms with van der Waals surface area (Å²) in [6.07, 6.45) is 17.7. The number of benzene rings is 2. The lowest BCUT2D eigenvalue weighted by Gasteiger charge is -2.71. The number of hydrogen-bond donors (Lipinski definition) is 3. The molecule has 7 heteroatoms. The van der Waals surface area contributed by atoms with Crippen molar-refractivity contribution >= 4 is 17.5 Å². The van der Waals surface area contributed by atoms with Gasteiger partial charge in [-0.15, -0.1) is 0 Å². The maximum absolute atomic E-state index is 14.9. The van der Waals surface area contributed by atoms with Gasteiger partial charge in [-0.2, -0.15) is 0 Å². The smallest absolute Gasteiger partial charge is 0.322 e. The van der Waals surface area contributed by atoms with Gasteiger partial charge < -0.3 is 25.2 Å². The second-order valence-corrected chi connectivity index (χ2v) is 17.5. The van der Waals surface area contributed by atoms with Crippen LogP contribution < -0.4 is 10.1 Å². The standard InChI is InChI=1S/C44H56N2O5/c1-40-21-18-33(47)26-42(40)24-25-44(35(27-42)38(48)31-12-8-5-9-13-31)36(40)19-22-41(2)37(44)20-23-43(41,50)29-46(28-30-10-6-4-7-11-30)39(49)45-32-14-16-34(51-3)17-15-32/h4,6-7,10-11,14-17,24-25,27,31,33,36-37,47,50H,5,8-9,12-13,18-23,26,28-29H2,1-3H3,(H,45,49)/t33?,36-,37-,40-,41+,42+,43-,44-/m1/s1. The Morgan fingerprint density at radius 3 is 2.27 bits per heavy atom. The number of aliphatic hydroxyl groups is 2. The molecule has 272 valence electrons. The van der Waals surface area contributed by atoms with E-state index in [1.165, 1.54) is 6.42 Å². The van der Waals surface area contributed by atoms with Crippen LogP contribution in [0.15, 0.2) is 78.4 Å². The second-order valence-electron chi connectivity index (χ2n) is 17.5. The number of nitrogens with zero attached hydrogens (tertiary/aromatic N) is 1. The second kappa shape index (κ2) is 12.6. The molecule has 2 amide bonds. The summed E-state index contributed by atoms with van der Waals surface area (Å²) < 4.78 is 5.32. The van der Waals surface area contributed by atoms with Crippen molar-refractivity contribution in [1.82, 2.24) is 4.90 Å². The minimum Gasteiger partial charge on any atom is -0.497 e. The first-order valence-electron chi connectivity index (χ1n) is 19.6. The summed E-state index contributed by atoms with van der Waals surface area (Å²) in [5, 5.41) is 27.2. The summed E-state index contributed by atoms with van der Waals surface area (Å²) in [5.74, 6) is 1.44. The fourth-order valence-electron chi connectivity index (χ4n) is 12.4. The van der Waals surface area contributed by atoms with Gasteiger partial charge in [0.15, 0.2) is 5.78 Å². The van der Waals surface area contributed by atoms with Crippen LogP contribution >= 0.6 is 0 Å². The molecule has 9 rings (SSSR count). The van der Waals surface area contributed by atoms with Gasteiger partial charge >= 0.3 is 6.03 Å². The number of fused-ring (bicyclic) bond motifs is 1. The molecule has 7 aliphatic rings. The number of allylic oxidation sites excluding steroid dienone is 4. The fraction of sp³-hybridized carbons (Fsp3) is 0.591. The zero-order valence-electron chi connectivity index (χ0n) is 30.7. The molecule has 2 aromatic rings. The Morgan fingerprint density at radius 1 is 0.863 bits per heavy atom. The summed E-state index contributed by atoms with van der Waals surface area (Å²) in [6.45, 7) is 5.27. The highest BCUT2D eigenvalue weighted by Gasteiger charge is 2.74. The number of urea groups is 1. The first-order chi connectivity index (χ1) is 24.5. The SMILES string of the molecule is COc1ccc(NC(=O)N(Cc2ccccc2)C[C@]2(O)CC[C@H]3[C@]45C=C[C@@]6(C=C4C(=O)C4CCCCC4)CC(O)CC[C@]6(C)[C@H]5CC[C@@]32C)cc1. The molecular formula is C44H56N2O5. The summed E-state index contributed by atoms with van der Waals surface area (Å²) >= 11 is 0. The number of methoxy groups -OCH3 is 1. The summed E-state index contributed by atoms with van der Waals surface area (Å²) in [6, 6.07) is 17.1. The fourth-order valence-corrected chi connectivity index (χ4v) is 12.4. The Hall–Kier alpha value is -3.42. The molecular weight excluding hydrogens is 636 g/mol. The van der Waals surface area contributed by atoms with Gasteiger partial charge in [-0.25, -0.2) is 4.79 Å². The topological polar surface area (TPSA) is 99.1 Å². The molecule has 0 aliphatic heterocycles. The van der Waals surface area contributed by atoms with Crippen molar-refractivity contribution in [1.29, 1.82) is 0 Å². The van der Waals surface area contributed by atoms with E-state index in [0.29, 0.717) is 36.6 Å². The van der Waals surface area contributed by atoms with E-state index >= 15 is 0 Å². The van der Waals surface area contributed by atoms with Gasteiger partial charge in [-0.1, -0.05) is 81.7 Å². The van der Waals surface area contributed by atoms with Crippen LogP contribution in [0.5, 0.6) is 5.75 Å². The Balaban J connectivity index is 1.16. The first-order valence-corrected chi connectivity index (χ1v) is 19.6. The van der Waals surface area contributed by atoms with Gasteiger partial charge in [0.2, 0.25) is 0 Å². The average Bonchev–Trinajstić information content (AvgIpc) is 3.41. The van der Waals surface area contributed by atoms with Crippen LogP contribution in [0.1, 0.15) is 96.5 Å². The van der Waals surface area contributed by atoms with Crippen LogP contribution in [0.3, 0.4) is 0 Å². The minimum atomic E-state index is -1.15. The van der Waals surface area contributed by atoms with Crippen LogP contribution in [0, 0.1) is 39.4 Å². The lowest BCUT2D eigenvalue weighted by atomic mass is 9.32. The van der Waals surface area contributed by atoms with Gasteiger partial charge in [0, 0.05) is 40.0 Å². The van der Waals surface area contributed by atoms with Crippen molar-refractivity contribution in [2.75, 3.05) is 19.0 Å². The van der Waals surface area contributed by atoms with E-state index in [1.54, 1.807) is 12.0 Å². The zero-order valence-corrected chi connectivity index (χ0v) is 30.7. The molecule has 3 N–H and O–H groups in total. The maximum atomic E-state index is 14.9.